The lowest BCUT2D eigenvalue weighted by molar-refractivity contribution is -0.137. The van der Waals surface area contributed by atoms with Crippen LogP contribution < -0.4 is 5.56 Å². The molecule has 0 aliphatic carbocycles. The molecule has 3 aromatic rings. The molecule has 0 saturated heterocycles. The first-order valence-corrected chi connectivity index (χ1v) is 9.72. The third-order valence-corrected chi connectivity index (χ3v) is 4.65. The second-order valence-corrected chi connectivity index (χ2v) is 7.73. The Labute approximate surface area is 177 Å². The van der Waals surface area contributed by atoms with Gasteiger partial charge in [-0.1, -0.05) is 55.1 Å². The maximum absolute atomic E-state index is 12.8. The van der Waals surface area contributed by atoms with Gasteiger partial charge in [0, 0.05) is 17.2 Å². The minimum atomic E-state index is -4.43. The summed E-state index contributed by atoms with van der Waals surface area (Å²) in [4.78, 5) is 19.3. The topological polar surface area (TPSA) is 59.9 Å². The lowest BCUT2D eigenvalue weighted by Gasteiger charge is -2.22. The van der Waals surface area contributed by atoms with Crippen LogP contribution in [0.2, 0.25) is 5.02 Å². The molecule has 0 unspecified atom stereocenters. The highest BCUT2D eigenvalue weighted by Gasteiger charge is 2.30. The Morgan fingerprint density at radius 1 is 1.10 bits per heavy atom. The van der Waals surface area contributed by atoms with Crippen LogP contribution in [0, 0.1) is 5.92 Å². The summed E-state index contributed by atoms with van der Waals surface area (Å²) in [5.74, 6) is 0.698. The molecule has 0 bridgehead atoms. The maximum atomic E-state index is 12.8. The summed E-state index contributed by atoms with van der Waals surface area (Å²) < 4.78 is 38.4. The van der Waals surface area contributed by atoms with Gasteiger partial charge in [0.15, 0.2) is 0 Å². The number of nitrogens with zero attached hydrogens (tertiary/aromatic N) is 2. The molecule has 1 aromatic heterocycles. The lowest BCUT2D eigenvalue weighted by Crippen LogP contribution is -2.09. The average Bonchev–Trinajstić information content (AvgIpc) is 2.68. The SMILES string of the molecule is CC(C)C[N-]Cc1ccc(Cl)c(-c2nc(-c3ccc(C(F)(F)F)cc3)cc(=O)[nH]2)c1. The molecule has 0 spiro atoms. The van der Waals surface area contributed by atoms with Gasteiger partial charge in [-0.2, -0.15) is 13.2 Å². The summed E-state index contributed by atoms with van der Waals surface area (Å²) >= 11 is 6.32. The molecular formula is C22H20ClF3N3O-. The minimum Gasteiger partial charge on any atom is -0.658 e. The summed E-state index contributed by atoms with van der Waals surface area (Å²) in [7, 11) is 0. The molecule has 1 N–H and O–H groups in total. The summed E-state index contributed by atoms with van der Waals surface area (Å²) in [6.07, 6.45) is -4.43. The molecule has 2 aromatic carbocycles. The van der Waals surface area contributed by atoms with Crippen LogP contribution in [0.5, 0.6) is 0 Å². The van der Waals surface area contributed by atoms with E-state index in [1.165, 1.54) is 18.2 Å². The van der Waals surface area contributed by atoms with Crippen LogP contribution in [0.15, 0.2) is 53.3 Å². The van der Waals surface area contributed by atoms with E-state index in [2.05, 4.69) is 29.1 Å². The van der Waals surface area contributed by atoms with E-state index in [-0.39, 0.29) is 11.5 Å². The highest BCUT2D eigenvalue weighted by atomic mass is 35.5. The number of nitrogens with one attached hydrogen (secondary N) is 1. The lowest BCUT2D eigenvalue weighted by atomic mass is 10.1. The number of rotatable bonds is 6. The predicted octanol–water partition coefficient (Wildman–Crippen LogP) is 6.31. The van der Waals surface area contributed by atoms with Crippen LogP contribution >= 0.6 is 11.6 Å². The fourth-order valence-electron chi connectivity index (χ4n) is 2.87. The first kappa shape index (κ1) is 22.1. The van der Waals surface area contributed by atoms with Crippen molar-refractivity contribution in [1.82, 2.24) is 9.97 Å². The van der Waals surface area contributed by atoms with Gasteiger partial charge in [0.1, 0.15) is 5.82 Å². The van der Waals surface area contributed by atoms with E-state index in [0.29, 0.717) is 28.6 Å². The van der Waals surface area contributed by atoms with Crippen LogP contribution in [0.1, 0.15) is 25.0 Å². The Bertz CT molecular complexity index is 1080. The van der Waals surface area contributed by atoms with Gasteiger partial charge in [-0.25, -0.2) is 4.98 Å². The number of hydrogen-bond donors (Lipinski definition) is 1. The zero-order chi connectivity index (χ0) is 21.9. The van der Waals surface area contributed by atoms with E-state index in [4.69, 9.17) is 11.6 Å². The zero-order valence-corrected chi connectivity index (χ0v) is 17.2. The summed E-state index contributed by atoms with van der Waals surface area (Å²) in [6, 6.07) is 11.1. The largest absolute Gasteiger partial charge is 0.658 e. The first-order chi connectivity index (χ1) is 14.1. The van der Waals surface area contributed by atoms with Gasteiger partial charge in [-0.05, 0) is 24.3 Å². The molecule has 0 atom stereocenters. The van der Waals surface area contributed by atoms with Gasteiger partial charge >= 0.3 is 6.18 Å². The van der Waals surface area contributed by atoms with Gasteiger partial charge in [-0.15, -0.1) is 13.1 Å². The van der Waals surface area contributed by atoms with Crippen LogP contribution in [-0.4, -0.2) is 16.5 Å². The number of aromatic nitrogens is 2. The van der Waals surface area contributed by atoms with Crippen molar-refractivity contribution in [2.75, 3.05) is 6.54 Å². The van der Waals surface area contributed by atoms with Gasteiger partial charge in [0.05, 0.1) is 16.3 Å². The quantitative estimate of drug-likeness (QED) is 0.494. The molecule has 158 valence electrons. The highest BCUT2D eigenvalue weighted by Crippen LogP contribution is 2.31. The molecule has 4 nitrogen and oxygen atoms in total. The fourth-order valence-corrected chi connectivity index (χ4v) is 3.07. The smallest absolute Gasteiger partial charge is 0.416 e. The summed E-state index contributed by atoms with van der Waals surface area (Å²) in [5.41, 5.74) is 0.901. The second-order valence-electron chi connectivity index (χ2n) is 7.33. The van der Waals surface area contributed by atoms with Crippen molar-refractivity contribution in [2.45, 2.75) is 26.6 Å². The van der Waals surface area contributed by atoms with Crippen LogP contribution in [-0.2, 0) is 12.7 Å². The summed E-state index contributed by atoms with van der Waals surface area (Å²) in [5, 5.41) is 4.89. The molecular weight excluding hydrogens is 415 g/mol. The van der Waals surface area contributed by atoms with E-state index in [1.54, 1.807) is 12.1 Å². The van der Waals surface area contributed by atoms with Gasteiger partial charge in [0.2, 0.25) is 0 Å². The van der Waals surface area contributed by atoms with E-state index in [1.807, 2.05) is 6.07 Å². The number of hydrogen-bond acceptors (Lipinski definition) is 2. The molecule has 3 rings (SSSR count). The predicted molar refractivity (Wildman–Crippen MR) is 113 cm³/mol. The summed E-state index contributed by atoms with van der Waals surface area (Å²) in [6.45, 7) is 5.40. The molecule has 8 heteroatoms. The Morgan fingerprint density at radius 2 is 1.80 bits per heavy atom. The van der Waals surface area contributed by atoms with Gasteiger partial charge in [0.25, 0.3) is 5.56 Å². The van der Waals surface area contributed by atoms with Crippen molar-refractivity contribution >= 4 is 11.6 Å². The van der Waals surface area contributed by atoms with Crippen molar-refractivity contribution in [3.8, 4) is 22.6 Å². The van der Waals surface area contributed by atoms with E-state index >= 15 is 0 Å². The average molecular weight is 435 g/mol. The number of benzene rings is 2. The Kier molecular flexibility index (Phi) is 6.63. The Hall–Kier alpha value is -2.64. The Morgan fingerprint density at radius 3 is 2.43 bits per heavy atom. The zero-order valence-electron chi connectivity index (χ0n) is 16.4. The first-order valence-electron chi connectivity index (χ1n) is 9.34. The molecule has 0 fully saturated rings. The highest BCUT2D eigenvalue weighted by molar-refractivity contribution is 6.33. The molecule has 30 heavy (non-hydrogen) atoms. The second kappa shape index (κ2) is 9.02. The van der Waals surface area contributed by atoms with Gasteiger partial charge in [-0.3, -0.25) is 4.79 Å². The van der Waals surface area contributed by atoms with Crippen molar-refractivity contribution in [3.63, 3.8) is 0 Å². The van der Waals surface area contributed by atoms with E-state index < -0.39 is 17.3 Å². The fraction of sp³-hybridized carbons (Fsp3) is 0.273. The van der Waals surface area contributed by atoms with Crippen molar-refractivity contribution in [3.05, 3.63) is 80.4 Å². The monoisotopic (exact) mass is 434 g/mol. The standard InChI is InChI=1S/C22H20ClF3N3O/c1-13(2)11-27-12-14-3-8-18(23)17(9-14)21-28-19(10-20(30)29-21)15-4-6-16(7-5-15)22(24,25)26/h3-10,13H,11-12H2,1-2H3,(H,28,29,30)/q-1. The maximum Gasteiger partial charge on any atom is 0.416 e. The molecule has 0 aliphatic heterocycles. The number of alkyl halides is 3. The normalized spacial score (nSPS) is 11.8. The molecule has 0 radical (unpaired) electrons. The molecule has 0 amide bonds. The van der Waals surface area contributed by atoms with Crippen molar-refractivity contribution < 1.29 is 13.2 Å². The Balaban J connectivity index is 1.94. The third kappa shape index (κ3) is 5.49. The van der Waals surface area contributed by atoms with Crippen LogP contribution in [0.3, 0.4) is 0 Å². The molecule has 0 saturated carbocycles. The molecule has 0 aliphatic rings. The number of halogens is 4. The van der Waals surface area contributed by atoms with Gasteiger partial charge < -0.3 is 10.3 Å². The van der Waals surface area contributed by atoms with Crippen LogP contribution in [0.25, 0.3) is 28.0 Å². The van der Waals surface area contributed by atoms with E-state index in [0.717, 1.165) is 24.2 Å². The van der Waals surface area contributed by atoms with Crippen molar-refractivity contribution in [2.24, 2.45) is 5.92 Å². The van der Waals surface area contributed by atoms with E-state index in [9.17, 15) is 18.0 Å². The molecule has 1 heterocycles. The minimum absolute atomic E-state index is 0.244. The number of H-pyrrole nitrogens is 1. The third-order valence-electron chi connectivity index (χ3n) is 4.32. The van der Waals surface area contributed by atoms with Crippen molar-refractivity contribution in [1.29, 1.82) is 0 Å². The van der Waals surface area contributed by atoms with Crippen LogP contribution in [0.4, 0.5) is 13.2 Å². The number of aromatic amines is 1.